The average Bonchev–Trinajstić information content (AvgIpc) is 3.25. The second kappa shape index (κ2) is 9.75. The third-order valence-electron chi connectivity index (χ3n) is 6.60. The van der Waals surface area contributed by atoms with E-state index in [-0.39, 0.29) is 30.0 Å². The van der Waals surface area contributed by atoms with Crippen LogP contribution in [-0.2, 0) is 6.54 Å². The zero-order valence-electron chi connectivity index (χ0n) is 19.5. The molecule has 0 unspecified atom stereocenters. The quantitative estimate of drug-likeness (QED) is 0.567. The molecule has 1 aliphatic heterocycles. The van der Waals surface area contributed by atoms with E-state index in [1.54, 1.807) is 4.90 Å². The van der Waals surface area contributed by atoms with E-state index in [1.165, 1.54) is 24.3 Å². The number of rotatable bonds is 6. The number of pyridine rings is 1. The lowest BCUT2D eigenvalue weighted by atomic mass is 10.0. The van der Waals surface area contributed by atoms with Crippen molar-refractivity contribution < 1.29 is 9.18 Å². The molecule has 4 rings (SSSR count). The summed E-state index contributed by atoms with van der Waals surface area (Å²) in [6.45, 7) is 8.77. The molecule has 1 aliphatic rings. The van der Waals surface area contributed by atoms with Crippen molar-refractivity contribution in [2.75, 3.05) is 25.0 Å². The van der Waals surface area contributed by atoms with E-state index < -0.39 is 0 Å². The van der Waals surface area contributed by atoms with E-state index in [4.69, 9.17) is 0 Å². The first-order valence-electron chi connectivity index (χ1n) is 11.5. The Balaban J connectivity index is 1.64. The molecule has 1 fully saturated rings. The molecule has 0 aliphatic carbocycles. The standard InChI is InChI=1S/C26H31FN4O2/c1-4-30-13-5-6-22(30)16-31(26(33)28-21-11-9-20(27)10-12-21)15-19-14-23-17(2)7-8-18(3)24(23)29-25(19)32/h7-12,14,22H,4-6,13,15-16H2,1-3H3,(H,28,33)(H,29,32)/t22-/m1/s1. The Morgan fingerprint density at radius 1 is 1.18 bits per heavy atom. The number of aromatic nitrogens is 1. The Labute approximate surface area is 193 Å². The minimum Gasteiger partial charge on any atom is -0.321 e. The van der Waals surface area contributed by atoms with Gasteiger partial charge in [-0.1, -0.05) is 19.1 Å². The molecule has 2 aromatic carbocycles. The number of benzene rings is 2. The number of halogens is 1. The molecule has 0 saturated carbocycles. The topological polar surface area (TPSA) is 68.4 Å². The van der Waals surface area contributed by atoms with Crippen molar-refractivity contribution in [3.8, 4) is 0 Å². The van der Waals surface area contributed by atoms with Crippen LogP contribution in [0, 0.1) is 19.7 Å². The van der Waals surface area contributed by atoms with Crippen LogP contribution in [0.2, 0.25) is 0 Å². The van der Waals surface area contributed by atoms with Crippen LogP contribution < -0.4 is 10.9 Å². The number of fused-ring (bicyclic) bond motifs is 1. The summed E-state index contributed by atoms with van der Waals surface area (Å²) in [5, 5.41) is 3.85. The van der Waals surface area contributed by atoms with Crippen LogP contribution in [-0.4, -0.2) is 46.5 Å². The molecule has 1 atom stereocenters. The zero-order valence-corrected chi connectivity index (χ0v) is 19.5. The minimum atomic E-state index is -0.359. The molecule has 0 radical (unpaired) electrons. The van der Waals surface area contributed by atoms with Gasteiger partial charge in [0.15, 0.2) is 0 Å². The molecule has 33 heavy (non-hydrogen) atoms. The first kappa shape index (κ1) is 23.0. The third kappa shape index (κ3) is 5.09. The van der Waals surface area contributed by atoms with Crippen molar-refractivity contribution in [1.29, 1.82) is 0 Å². The lowest BCUT2D eigenvalue weighted by Gasteiger charge is -2.30. The molecule has 2 amide bonds. The SMILES string of the molecule is CCN1CCC[C@@H]1CN(Cc1cc2c(C)ccc(C)c2[nH]c1=O)C(=O)Nc1ccc(F)cc1. The Kier molecular flexibility index (Phi) is 6.79. The number of carbonyl (C=O) groups is 1. The predicted octanol–water partition coefficient (Wildman–Crippen LogP) is 4.80. The second-order valence-corrected chi connectivity index (χ2v) is 8.85. The summed E-state index contributed by atoms with van der Waals surface area (Å²) in [5.41, 5.74) is 3.79. The monoisotopic (exact) mass is 450 g/mol. The van der Waals surface area contributed by atoms with Crippen LogP contribution in [0.15, 0.2) is 47.3 Å². The van der Waals surface area contributed by atoms with E-state index in [0.29, 0.717) is 17.8 Å². The number of hydrogen-bond donors (Lipinski definition) is 2. The van der Waals surface area contributed by atoms with E-state index in [2.05, 4.69) is 22.1 Å². The molecule has 7 heteroatoms. The van der Waals surface area contributed by atoms with Crippen LogP contribution >= 0.6 is 0 Å². The fraction of sp³-hybridized carbons (Fsp3) is 0.385. The number of aromatic amines is 1. The maximum atomic E-state index is 13.3. The molecule has 0 spiro atoms. The summed E-state index contributed by atoms with van der Waals surface area (Å²) in [6.07, 6.45) is 2.11. The molecule has 2 N–H and O–H groups in total. The Bertz CT molecular complexity index is 1210. The maximum absolute atomic E-state index is 13.3. The van der Waals surface area contributed by atoms with E-state index >= 15 is 0 Å². The lowest BCUT2D eigenvalue weighted by Crippen LogP contribution is -2.45. The molecule has 174 valence electrons. The average molecular weight is 451 g/mol. The smallest absolute Gasteiger partial charge is 0.321 e. The third-order valence-corrected chi connectivity index (χ3v) is 6.60. The van der Waals surface area contributed by atoms with Crippen LogP contribution in [0.25, 0.3) is 10.9 Å². The van der Waals surface area contributed by atoms with Gasteiger partial charge in [0.1, 0.15) is 5.82 Å². The second-order valence-electron chi connectivity index (χ2n) is 8.85. The number of H-pyrrole nitrogens is 1. The van der Waals surface area contributed by atoms with Gasteiger partial charge in [-0.3, -0.25) is 9.69 Å². The van der Waals surface area contributed by atoms with Crippen molar-refractivity contribution in [1.82, 2.24) is 14.8 Å². The van der Waals surface area contributed by atoms with E-state index in [9.17, 15) is 14.0 Å². The number of likely N-dealkylation sites (N-methyl/N-ethyl adjacent to an activating group) is 1. The highest BCUT2D eigenvalue weighted by atomic mass is 19.1. The molecule has 1 aromatic heterocycles. The molecular formula is C26H31FN4O2. The number of nitrogens with one attached hydrogen (secondary N) is 2. The van der Waals surface area contributed by atoms with Gasteiger partial charge in [-0.25, -0.2) is 9.18 Å². The zero-order chi connectivity index (χ0) is 23.5. The normalized spacial score (nSPS) is 16.3. The largest absolute Gasteiger partial charge is 0.322 e. The van der Waals surface area contributed by atoms with Crippen LogP contribution in [0.3, 0.4) is 0 Å². The summed E-state index contributed by atoms with van der Waals surface area (Å²) in [6, 6.07) is 11.6. The highest BCUT2D eigenvalue weighted by Crippen LogP contribution is 2.22. The van der Waals surface area contributed by atoms with Gasteiger partial charge in [0, 0.05) is 29.2 Å². The first-order chi connectivity index (χ1) is 15.9. The van der Waals surface area contributed by atoms with Gasteiger partial charge in [0.05, 0.1) is 12.1 Å². The Hall–Kier alpha value is -3.19. The Morgan fingerprint density at radius 2 is 1.91 bits per heavy atom. The number of urea groups is 1. The van der Waals surface area contributed by atoms with Crippen molar-refractivity contribution in [3.05, 3.63) is 75.3 Å². The van der Waals surface area contributed by atoms with Crippen molar-refractivity contribution in [3.63, 3.8) is 0 Å². The molecule has 0 bridgehead atoms. The van der Waals surface area contributed by atoms with Gasteiger partial charge in [-0.2, -0.15) is 0 Å². The summed E-state index contributed by atoms with van der Waals surface area (Å²) >= 11 is 0. The molecule has 3 aromatic rings. The number of anilines is 1. The van der Waals surface area contributed by atoms with Crippen molar-refractivity contribution >= 4 is 22.6 Å². The van der Waals surface area contributed by atoms with Crippen LogP contribution in [0.1, 0.15) is 36.5 Å². The van der Waals surface area contributed by atoms with Gasteiger partial charge in [-0.05, 0) is 81.2 Å². The molecular weight excluding hydrogens is 419 g/mol. The van der Waals surface area contributed by atoms with E-state index in [0.717, 1.165) is 48.0 Å². The highest BCUT2D eigenvalue weighted by Gasteiger charge is 2.28. The van der Waals surface area contributed by atoms with Gasteiger partial charge in [-0.15, -0.1) is 0 Å². The molecule has 2 heterocycles. The number of amides is 2. The lowest BCUT2D eigenvalue weighted by molar-refractivity contribution is 0.174. The number of hydrogen-bond acceptors (Lipinski definition) is 3. The maximum Gasteiger partial charge on any atom is 0.322 e. The number of nitrogens with zero attached hydrogens (tertiary/aromatic N) is 2. The first-order valence-corrected chi connectivity index (χ1v) is 11.5. The van der Waals surface area contributed by atoms with Crippen molar-refractivity contribution in [2.24, 2.45) is 0 Å². The van der Waals surface area contributed by atoms with Crippen molar-refractivity contribution in [2.45, 2.75) is 46.2 Å². The molecule has 6 nitrogen and oxygen atoms in total. The van der Waals surface area contributed by atoms with Crippen LogP contribution in [0.5, 0.6) is 0 Å². The number of aryl methyl sites for hydroxylation is 2. The minimum absolute atomic E-state index is 0.186. The summed E-state index contributed by atoms with van der Waals surface area (Å²) in [5.74, 6) is -0.359. The van der Waals surface area contributed by atoms with Gasteiger partial charge in [0.25, 0.3) is 5.56 Å². The summed E-state index contributed by atoms with van der Waals surface area (Å²) in [7, 11) is 0. The fourth-order valence-electron chi connectivity index (χ4n) is 4.67. The number of carbonyl (C=O) groups excluding carboxylic acids is 1. The Morgan fingerprint density at radius 3 is 2.64 bits per heavy atom. The van der Waals surface area contributed by atoms with Gasteiger partial charge < -0.3 is 15.2 Å². The van der Waals surface area contributed by atoms with E-state index in [1.807, 2.05) is 32.0 Å². The van der Waals surface area contributed by atoms with Crippen LogP contribution in [0.4, 0.5) is 14.9 Å². The van der Waals surface area contributed by atoms with Gasteiger partial charge >= 0.3 is 6.03 Å². The fourth-order valence-corrected chi connectivity index (χ4v) is 4.67. The number of likely N-dealkylation sites (tertiary alicyclic amines) is 1. The van der Waals surface area contributed by atoms with Gasteiger partial charge in [0.2, 0.25) is 0 Å². The summed E-state index contributed by atoms with van der Waals surface area (Å²) in [4.78, 5) is 33.3. The predicted molar refractivity (Wildman–Crippen MR) is 130 cm³/mol. The highest BCUT2D eigenvalue weighted by molar-refractivity contribution is 5.89. The molecule has 1 saturated heterocycles. The summed E-state index contributed by atoms with van der Waals surface area (Å²) < 4.78 is 13.3.